The van der Waals surface area contributed by atoms with Gasteiger partial charge in [0.05, 0.1) is 27.0 Å². The average molecular weight is 524 g/mol. The number of ether oxygens (including phenoxy) is 1. The van der Waals surface area contributed by atoms with Crippen LogP contribution in [0, 0.1) is 10.1 Å². The number of benzene rings is 2. The molecular formula is C21H15Cl2N3O7S. The lowest BCUT2D eigenvalue weighted by Crippen LogP contribution is -2.36. The summed E-state index contributed by atoms with van der Waals surface area (Å²) < 4.78 is 4.90. The molecule has 2 aromatic carbocycles. The van der Waals surface area contributed by atoms with E-state index in [4.69, 9.17) is 27.9 Å². The lowest BCUT2D eigenvalue weighted by atomic mass is 10.2. The highest BCUT2D eigenvalue weighted by Gasteiger charge is 2.36. The Morgan fingerprint density at radius 3 is 2.56 bits per heavy atom. The molecule has 0 spiro atoms. The normalized spacial score (nSPS) is 14.4. The first kappa shape index (κ1) is 25.2. The van der Waals surface area contributed by atoms with Crippen LogP contribution in [-0.4, -0.2) is 46.0 Å². The molecule has 1 fully saturated rings. The monoisotopic (exact) mass is 523 g/mol. The van der Waals surface area contributed by atoms with Gasteiger partial charge >= 0.3 is 5.97 Å². The molecule has 34 heavy (non-hydrogen) atoms. The number of amides is 3. The number of hydrogen-bond acceptors (Lipinski definition) is 8. The van der Waals surface area contributed by atoms with Crippen molar-refractivity contribution >= 4 is 75.4 Å². The number of hydrogen-bond donors (Lipinski definition) is 1. The van der Waals surface area contributed by atoms with Crippen molar-refractivity contribution in [2.75, 3.05) is 18.5 Å². The van der Waals surface area contributed by atoms with Crippen molar-refractivity contribution in [3.8, 4) is 0 Å². The summed E-state index contributed by atoms with van der Waals surface area (Å²) in [6, 6.07) is 7.84. The molecule has 0 unspecified atom stereocenters. The maximum atomic E-state index is 12.7. The van der Waals surface area contributed by atoms with Crippen LogP contribution in [0.25, 0.3) is 6.08 Å². The Hall–Kier alpha value is -3.41. The highest BCUT2D eigenvalue weighted by molar-refractivity contribution is 8.18. The summed E-state index contributed by atoms with van der Waals surface area (Å²) in [5, 5.41) is 13.1. The molecule has 0 bridgehead atoms. The van der Waals surface area contributed by atoms with E-state index in [0.717, 1.165) is 4.90 Å². The summed E-state index contributed by atoms with van der Waals surface area (Å²) in [6.07, 6.45) is 1.25. The molecule has 0 radical (unpaired) electrons. The van der Waals surface area contributed by atoms with Gasteiger partial charge in [0.25, 0.3) is 16.8 Å². The number of carbonyl (C=O) groups excluding carboxylic acids is 4. The fraction of sp³-hybridized carbons (Fsp3) is 0.143. The predicted molar refractivity (Wildman–Crippen MR) is 127 cm³/mol. The van der Waals surface area contributed by atoms with Crippen LogP contribution in [0.3, 0.4) is 0 Å². The fourth-order valence-electron chi connectivity index (χ4n) is 2.85. The van der Waals surface area contributed by atoms with Crippen molar-refractivity contribution in [2.45, 2.75) is 6.92 Å². The summed E-state index contributed by atoms with van der Waals surface area (Å²) in [5.41, 5.74) is 0.200. The second-order valence-corrected chi connectivity index (χ2v) is 8.50. The predicted octanol–water partition coefficient (Wildman–Crippen LogP) is 4.75. The van der Waals surface area contributed by atoms with Gasteiger partial charge in [0.15, 0.2) is 0 Å². The minimum atomic E-state index is -0.754. The van der Waals surface area contributed by atoms with E-state index in [1.807, 2.05) is 0 Å². The van der Waals surface area contributed by atoms with Gasteiger partial charge < -0.3 is 10.1 Å². The number of anilines is 1. The molecule has 176 valence electrons. The molecule has 0 saturated carbocycles. The van der Waals surface area contributed by atoms with Crippen LogP contribution in [0.2, 0.25) is 10.0 Å². The van der Waals surface area contributed by atoms with E-state index in [9.17, 15) is 29.3 Å². The van der Waals surface area contributed by atoms with Gasteiger partial charge in [-0.3, -0.25) is 29.4 Å². The minimum absolute atomic E-state index is 0.0451. The third kappa shape index (κ3) is 5.74. The van der Waals surface area contributed by atoms with Crippen molar-refractivity contribution in [1.29, 1.82) is 0 Å². The molecule has 1 saturated heterocycles. The highest BCUT2D eigenvalue weighted by Crippen LogP contribution is 2.34. The van der Waals surface area contributed by atoms with Gasteiger partial charge in [-0.25, -0.2) is 4.79 Å². The lowest BCUT2D eigenvalue weighted by Gasteiger charge is -2.13. The number of non-ortho nitro benzene ring substituents is 1. The second-order valence-electron chi connectivity index (χ2n) is 6.69. The summed E-state index contributed by atoms with van der Waals surface area (Å²) in [7, 11) is 0. The van der Waals surface area contributed by atoms with Crippen LogP contribution in [0.15, 0.2) is 41.3 Å². The molecule has 10 nitrogen and oxygen atoms in total. The van der Waals surface area contributed by atoms with Crippen LogP contribution in [0.5, 0.6) is 0 Å². The Morgan fingerprint density at radius 1 is 1.18 bits per heavy atom. The van der Waals surface area contributed by atoms with Gasteiger partial charge in [0.1, 0.15) is 6.54 Å². The van der Waals surface area contributed by atoms with Crippen LogP contribution < -0.4 is 5.32 Å². The Balaban J connectivity index is 1.74. The molecule has 2 aromatic rings. The second kappa shape index (κ2) is 10.7. The molecule has 1 aliphatic rings. The molecule has 13 heteroatoms. The van der Waals surface area contributed by atoms with Gasteiger partial charge in [0, 0.05) is 28.4 Å². The zero-order valence-electron chi connectivity index (χ0n) is 17.4. The van der Waals surface area contributed by atoms with Crippen molar-refractivity contribution < 1.29 is 28.8 Å². The quantitative estimate of drug-likeness (QED) is 0.237. The summed E-state index contributed by atoms with van der Waals surface area (Å²) >= 11 is 12.6. The van der Waals surface area contributed by atoms with Gasteiger partial charge in [0.2, 0.25) is 5.91 Å². The topological polar surface area (TPSA) is 136 Å². The number of nitrogens with one attached hydrogen (secondary N) is 1. The number of imide groups is 1. The molecule has 0 aliphatic carbocycles. The first-order valence-electron chi connectivity index (χ1n) is 9.56. The maximum absolute atomic E-state index is 12.7. The van der Waals surface area contributed by atoms with Gasteiger partial charge in [-0.15, -0.1) is 0 Å². The number of esters is 1. The first-order valence-corrected chi connectivity index (χ1v) is 11.1. The Labute approximate surface area is 207 Å². The van der Waals surface area contributed by atoms with E-state index in [0.29, 0.717) is 11.8 Å². The Kier molecular flexibility index (Phi) is 7.92. The molecule has 3 rings (SSSR count). The first-order chi connectivity index (χ1) is 16.1. The number of carbonyl (C=O) groups is 4. The highest BCUT2D eigenvalue weighted by atomic mass is 35.5. The van der Waals surface area contributed by atoms with E-state index < -0.39 is 34.5 Å². The molecule has 1 aliphatic heterocycles. The van der Waals surface area contributed by atoms with Crippen LogP contribution in [0.4, 0.5) is 16.2 Å². The van der Waals surface area contributed by atoms with Crippen molar-refractivity contribution in [3.05, 3.63) is 72.6 Å². The molecule has 3 amide bonds. The zero-order chi connectivity index (χ0) is 25.0. The molecule has 0 atom stereocenters. The largest absolute Gasteiger partial charge is 0.462 e. The molecule has 0 aromatic heterocycles. The van der Waals surface area contributed by atoms with Crippen LogP contribution >= 0.6 is 35.0 Å². The number of halogens is 2. The third-order valence-corrected chi connectivity index (χ3v) is 5.98. The smallest absolute Gasteiger partial charge is 0.339 e. The van der Waals surface area contributed by atoms with Gasteiger partial charge in [-0.05, 0) is 49.0 Å². The summed E-state index contributed by atoms with van der Waals surface area (Å²) in [5.74, 6) is -2.12. The number of thioether (sulfide) groups is 1. The summed E-state index contributed by atoms with van der Waals surface area (Å²) in [6.45, 7) is 1.18. The van der Waals surface area contributed by atoms with E-state index in [-0.39, 0.29) is 44.1 Å². The van der Waals surface area contributed by atoms with Gasteiger partial charge in [-0.2, -0.15) is 0 Å². The number of rotatable bonds is 7. The Bertz CT molecular complexity index is 1250. The fourth-order valence-corrected chi connectivity index (χ4v) is 4.04. The van der Waals surface area contributed by atoms with Crippen LogP contribution in [-0.2, 0) is 14.3 Å². The summed E-state index contributed by atoms with van der Waals surface area (Å²) in [4.78, 5) is 60.5. The SMILES string of the molecule is CCOC(=O)c1cc(NC(=O)CN2C(=O)S/C(=C\c3cc([N+](=O)[O-])ccc3Cl)C2=O)ccc1Cl. The molecule has 1 heterocycles. The van der Waals surface area contributed by atoms with E-state index >= 15 is 0 Å². The maximum Gasteiger partial charge on any atom is 0.339 e. The van der Waals surface area contributed by atoms with E-state index in [2.05, 4.69) is 5.32 Å². The minimum Gasteiger partial charge on any atom is -0.462 e. The van der Waals surface area contributed by atoms with E-state index in [1.54, 1.807) is 6.92 Å². The van der Waals surface area contributed by atoms with Crippen molar-refractivity contribution in [2.24, 2.45) is 0 Å². The van der Waals surface area contributed by atoms with Crippen molar-refractivity contribution in [3.63, 3.8) is 0 Å². The van der Waals surface area contributed by atoms with Crippen LogP contribution in [0.1, 0.15) is 22.8 Å². The van der Waals surface area contributed by atoms with Gasteiger partial charge in [-0.1, -0.05) is 23.2 Å². The molecular weight excluding hydrogens is 509 g/mol. The van der Waals surface area contributed by atoms with E-state index in [1.165, 1.54) is 42.5 Å². The number of nitro groups is 1. The Morgan fingerprint density at radius 2 is 1.88 bits per heavy atom. The number of nitrogens with zero attached hydrogens (tertiary/aromatic N) is 2. The molecule has 1 N–H and O–H groups in total. The standard InChI is InChI=1S/C21H15Cl2N3O7S/c1-2-33-20(29)14-9-12(3-5-16(14)23)24-18(27)10-25-19(28)17(34-21(25)30)8-11-7-13(26(31)32)4-6-15(11)22/h3-9H,2,10H2,1H3,(H,24,27)/b17-8-. The lowest BCUT2D eigenvalue weighted by molar-refractivity contribution is -0.384. The average Bonchev–Trinajstić information content (AvgIpc) is 3.03. The third-order valence-electron chi connectivity index (χ3n) is 4.40. The number of nitro benzene ring substituents is 1. The zero-order valence-corrected chi connectivity index (χ0v) is 19.7. The van der Waals surface area contributed by atoms with Crippen molar-refractivity contribution in [1.82, 2.24) is 4.90 Å².